The van der Waals surface area contributed by atoms with E-state index in [0.29, 0.717) is 24.6 Å². The second kappa shape index (κ2) is 7.81. The van der Waals surface area contributed by atoms with Crippen molar-refractivity contribution >= 4 is 23.6 Å². The maximum absolute atomic E-state index is 12.4. The molecule has 0 spiro atoms. The molecule has 1 unspecified atom stereocenters. The molecule has 6 heteroatoms. The van der Waals surface area contributed by atoms with Crippen LogP contribution in [0.1, 0.15) is 32.8 Å². The highest BCUT2D eigenvalue weighted by Crippen LogP contribution is 2.26. The van der Waals surface area contributed by atoms with Crippen molar-refractivity contribution in [1.29, 1.82) is 0 Å². The highest BCUT2D eigenvalue weighted by molar-refractivity contribution is 7.99. The van der Waals surface area contributed by atoms with E-state index in [9.17, 15) is 9.59 Å². The Morgan fingerprint density at radius 3 is 2.87 bits per heavy atom. The third kappa shape index (κ3) is 5.53. The highest BCUT2D eigenvalue weighted by atomic mass is 32.2. The van der Waals surface area contributed by atoms with E-state index in [4.69, 9.17) is 0 Å². The number of pyridine rings is 1. The molecule has 1 atom stereocenters. The zero-order chi connectivity index (χ0) is 16.9. The van der Waals surface area contributed by atoms with E-state index in [0.717, 1.165) is 12.0 Å². The van der Waals surface area contributed by atoms with Gasteiger partial charge in [-0.2, -0.15) is 0 Å². The van der Waals surface area contributed by atoms with Gasteiger partial charge in [-0.3, -0.25) is 14.6 Å². The van der Waals surface area contributed by atoms with Crippen LogP contribution >= 0.6 is 11.8 Å². The molecule has 0 aliphatic carbocycles. The summed E-state index contributed by atoms with van der Waals surface area (Å²) in [6, 6.07) is 3.53. The molecule has 2 amide bonds. The number of carbonyl (C=O) groups is 2. The average Bonchev–Trinajstić information content (AvgIpc) is 2.96. The predicted molar refractivity (Wildman–Crippen MR) is 93.0 cm³/mol. The molecule has 2 rings (SSSR count). The topological polar surface area (TPSA) is 62.3 Å². The van der Waals surface area contributed by atoms with Crippen molar-refractivity contribution in [2.75, 3.05) is 18.2 Å². The third-order valence-electron chi connectivity index (χ3n) is 3.62. The minimum Gasteiger partial charge on any atom is -0.354 e. The summed E-state index contributed by atoms with van der Waals surface area (Å²) in [5, 5.41) is 2.95. The van der Waals surface area contributed by atoms with Gasteiger partial charge < -0.3 is 10.2 Å². The molecule has 1 aromatic rings. The van der Waals surface area contributed by atoms with Crippen LogP contribution in [0.25, 0.3) is 0 Å². The monoisotopic (exact) mass is 335 g/mol. The summed E-state index contributed by atoms with van der Waals surface area (Å²) >= 11 is 1.64. The number of amides is 2. The average molecular weight is 335 g/mol. The lowest BCUT2D eigenvalue weighted by molar-refractivity contribution is -0.139. The fourth-order valence-corrected chi connectivity index (χ4v) is 3.64. The quantitative estimate of drug-likeness (QED) is 0.895. The smallest absolute Gasteiger partial charge is 0.243 e. The van der Waals surface area contributed by atoms with Gasteiger partial charge in [-0.15, -0.1) is 11.8 Å². The van der Waals surface area contributed by atoms with E-state index in [2.05, 4.69) is 10.3 Å². The summed E-state index contributed by atoms with van der Waals surface area (Å²) in [4.78, 5) is 30.6. The summed E-state index contributed by atoms with van der Waals surface area (Å²) < 4.78 is 0. The predicted octanol–water partition coefficient (Wildman–Crippen LogP) is 2.08. The first-order chi connectivity index (χ1) is 10.9. The number of hydrogen-bond donors (Lipinski definition) is 1. The molecule has 23 heavy (non-hydrogen) atoms. The third-order valence-corrected chi connectivity index (χ3v) is 4.63. The number of hydrogen-bond acceptors (Lipinski definition) is 4. The minimum absolute atomic E-state index is 0.0545. The van der Waals surface area contributed by atoms with Gasteiger partial charge in [0.1, 0.15) is 6.04 Å². The van der Waals surface area contributed by atoms with Crippen molar-refractivity contribution in [3.63, 3.8) is 0 Å². The molecule has 126 valence electrons. The molecule has 1 aliphatic rings. The van der Waals surface area contributed by atoms with Crippen LogP contribution in [0.15, 0.2) is 24.5 Å². The number of aromatic nitrogens is 1. The Labute approximate surface area is 142 Å². The zero-order valence-corrected chi connectivity index (χ0v) is 14.9. The van der Waals surface area contributed by atoms with Gasteiger partial charge in [0.25, 0.3) is 0 Å². The first-order valence-corrected chi connectivity index (χ1v) is 9.06. The molecule has 1 aliphatic heterocycles. The van der Waals surface area contributed by atoms with Gasteiger partial charge in [-0.1, -0.05) is 26.8 Å². The Morgan fingerprint density at radius 2 is 2.22 bits per heavy atom. The Bertz CT molecular complexity index is 543. The Kier molecular flexibility index (Phi) is 6.04. The van der Waals surface area contributed by atoms with Crippen LogP contribution < -0.4 is 5.32 Å². The molecule has 5 nitrogen and oxygen atoms in total. The SMILES string of the molecule is CC(C)(C)CC(=O)N1CSCC1C(=O)NCCc1cccnc1. The molecule has 0 saturated carbocycles. The van der Waals surface area contributed by atoms with Crippen molar-refractivity contribution in [2.24, 2.45) is 5.41 Å². The van der Waals surface area contributed by atoms with E-state index >= 15 is 0 Å². The summed E-state index contributed by atoms with van der Waals surface area (Å²) in [6.45, 7) is 6.68. The molecular formula is C17H25N3O2S. The maximum Gasteiger partial charge on any atom is 0.243 e. The van der Waals surface area contributed by atoms with Crippen LogP contribution in [0.3, 0.4) is 0 Å². The van der Waals surface area contributed by atoms with E-state index in [1.54, 1.807) is 29.1 Å². The molecular weight excluding hydrogens is 310 g/mol. The molecule has 2 heterocycles. The largest absolute Gasteiger partial charge is 0.354 e. The number of thioether (sulfide) groups is 1. The Balaban J connectivity index is 1.84. The lowest BCUT2D eigenvalue weighted by Gasteiger charge is -2.26. The maximum atomic E-state index is 12.4. The number of carbonyl (C=O) groups excluding carboxylic acids is 2. The first kappa shape index (κ1) is 17.8. The van der Waals surface area contributed by atoms with Crippen LogP contribution in [0, 0.1) is 5.41 Å². The highest BCUT2D eigenvalue weighted by Gasteiger charge is 2.35. The zero-order valence-electron chi connectivity index (χ0n) is 14.0. The summed E-state index contributed by atoms with van der Waals surface area (Å²) in [5.41, 5.74) is 1.03. The van der Waals surface area contributed by atoms with Crippen LogP contribution in [0.5, 0.6) is 0 Å². The van der Waals surface area contributed by atoms with Crippen molar-refractivity contribution in [3.8, 4) is 0 Å². The summed E-state index contributed by atoms with van der Waals surface area (Å²) in [5.74, 6) is 1.29. The van der Waals surface area contributed by atoms with Gasteiger partial charge in [-0.05, 0) is 23.5 Å². The molecule has 0 aromatic carbocycles. The second-order valence-electron chi connectivity index (χ2n) is 7.02. The fraction of sp³-hybridized carbons (Fsp3) is 0.588. The van der Waals surface area contributed by atoms with E-state index < -0.39 is 0 Å². The lowest BCUT2D eigenvalue weighted by Crippen LogP contribution is -2.48. The molecule has 0 radical (unpaired) electrons. The van der Waals surface area contributed by atoms with Crippen molar-refractivity contribution < 1.29 is 9.59 Å². The van der Waals surface area contributed by atoms with Crippen LogP contribution in [0.4, 0.5) is 0 Å². The van der Waals surface area contributed by atoms with E-state index in [1.165, 1.54) is 0 Å². The van der Waals surface area contributed by atoms with Gasteiger partial charge in [0, 0.05) is 31.1 Å². The molecule has 1 aromatic heterocycles. The first-order valence-electron chi connectivity index (χ1n) is 7.91. The van der Waals surface area contributed by atoms with Crippen LogP contribution in [-0.2, 0) is 16.0 Å². The molecule has 1 saturated heterocycles. The van der Waals surface area contributed by atoms with Crippen molar-refractivity contribution in [1.82, 2.24) is 15.2 Å². The Morgan fingerprint density at radius 1 is 1.43 bits per heavy atom. The van der Waals surface area contributed by atoms with Gasteiger partial charge in [0.05, 0.1) is 5.88 Å². The van der Waals surface area contributed by atoms with Gasteiger partial charge >= 0.3 is 0 Å². The van der Waals surface area contributed by atoms with Gasteiger partial charge in [-0.25, -0.2) is 0 Å². The normalized spacial score (nSPS) is 18.0. The number of nitrogens with zero attached hydrogens (tertiary/aromatic N) is 2. The number of nitrogens with one attached hydrogen (secondary N) is 1. The summed E-state index contributed by atoms with van der Waals surface area (Å²) in [6.07, 6.45) is 4.75. The van der Waals surface area contributed by atoms with Crippen molar-refractivity contribution in [2.45, 2.75) is 39.7 Å². The lowest BCUT2D eigenvalue weighted by atomic mass is 9.91. The minimum atomic E-state index is -0.344. The van der Waals surface area contributed by atoms with Crippen molar-refractivity contribution in [3.05, 3.63) is 30.1 Å². The van der Waals surface area contributed by atoms with E-state index in [1.807, 2.05) is 32.9 Å². The number of rotatable bonds is 5. The Hall–Kier alpha value is -1.56. The van der Waals surface area contributed by atoms with Gasteiger partial charge in [0.2, 0.25) is 11.8 Å². The standard InChI is InChI=1S/C17H25N3O2S/c1-17(2,3)9-15(21)20-12-23-11-14(20)16(22)19-8-6-13-5-4-7-18-10-13/h4-5,7,10,14H,6,8-9,11-12H2,1-3H3,(H,19,22). The fourth-order valence-electron chi connectivity index (χ4n) is 2.45. The molecule has 1 fully saturated rings. The summed E-state index contributed by atoms with van der Waals surface area (Å²) in [7, 11) is 0. The van der Waals surface area contributed by atoms with Crippen LogP contribution in [-0.4, -0.2) is 45.9 Å². The van der Waals surface area contributed by atoms with Crippen LogP contribution in [0.2, 0.25) is 0 Å². The second-order valence-corrected chi connectivity index (χ2v) is 8.02. The van der Waals surface area contributed by atoms with E-state index in [-0.39, 0.29) is 23.3 Å². The molecule has 1 N–H and O–H groups in total. The molecule has 0 bridgehead atoms. The van der Waals surface area contributed by atoms with Gasteiger partial charge in [0.15, 0.2) is 0 Å².